The van der Waals surface area contributed by atoms with Crippen molar-refractivity contribution in [1.29, 1.82) is 0 Å². The summed E-state index contributed by atoms with van der Waals surface area (Å²) in [7, 11) is 0. The lowest BCUT2D eigenvalue weighted by molar-refractivity contribution is 0.860. The maximum absolute atomic E-state index is 11.8. The zero-order valence-electron chi connectivity index (χ0n) is 11.1. The molecule has 0 unspecified atom stereocenters. The molecule has 100 valence electrons. The van der Waals surface area contributed by atoms with Gasteiger partial charge in [0.2, 0.25) is 0 Å². The third kappa shape index (κ3) is 2.79. The van der Waals surface area contributed by atoms with Crippen LogP contribution < -0.4 is 11.3 Å². The molecule has 2 heterocycles. The number of fused-ring (bicyclic) bond motifs is 1. The molecular formula is C13H17N5O. The number of aromatic amines is 1. The Morgan fingerprint density at radius 3 is 2.74 bits per heavy atom. The second-order valence-corrected chi connectivity index (χ2v) is 3.30. The van der Waals surface area contributed by atoms with Crippen LogP contribution in [0.3, 0.4) is 0 Å². The number of nitrogens with two attached hydrogens (primary N) is 1. The highest BCUT2D eigenvalue weighted by atomic mass is 16.1. The molecule has 0 fully saturated rings. The number of rotatable bonds is 3. The van der Waals surface area contributed by atoms with E-state index < -0.39 is 0 Å². The molecule has 0 aromatic carbocycles. The number of nitrogens with one attached hydrogen (secondary N) is 1. The number of allylic oxidation sites excluding steroid dienone is 4. The zero-order valence-corrected chi connectivity index (χ0v) is 11.1. The van der Waals surface area contributed by atoms with Crippen molar-refractivity contribution in [2.45, 2.75) is 13.8 Å². The first-order chi connectivity index (χ1) is 9.17. The second-order valence-electron chi connectivity index (χ2n) is 3.30. The topological polar surface area (TPSA) is 89.6 Å². The fourth-order valence-corrected chi connectivity index (χ4v) is 1.43. The standard InChI is InChI=1S/C11H11N5O.C2H6/c1-3-5-7(4-2)16-9(17)6-8-10(15-16)11(12)14-13-8;1-2/h3-6,13H,1-2H2,(H2,12,14);1-2H3/b7-5+;. The number of anilines is 1. The van der Waals surface area contributed by atoms with Crippen molar-refractivity contribution in [2.75, 3.05) is 5.73 Å². The van der Waals surface area contributed by atoms with Gasteiger partial charge in [-0.05, 0) is 12.2 Å². The van der Waals surface area contributed by atoms with Crippen LogP contribution in [-0.4, -0.2) is 20.0 Å². The van der Waals surface area contributed by atoms with Gasteiger partial charge in [-0.25, -0.2) is 0 Å². The predicted molar refractivity (Wildman–Crippen MR) is 78.6 cm³/mol. The largest absolute Gasteiger partial charge is 0.380 e. The number of hydrogen-bond donors (Lipinski definition) is 2. The van der Waals surface area contributed by atoms with Crippen molar-refractivity contribution in [3.63, 3.8) is 0 Å². The summed E-state index contributed by atoms with van der Waals surface area (Å²) in [4.78, 5) is 11.8. The van der Waals surface area contributed by atoms with E-state index in [9.17, 15) is 4.79 Å². The molecular weight excluding hydrogens is 242 g/mol. The summed E-state index contributed by atoms with van der Waals surface area (Å²) in [5.74, 6) is 0.246. The van der Waals surface area contributed by atoms with Gasteiger partial charge in [0.1, 0.15) is 0 Å². The van der Waals surface area contributed by atoms with Crippen molar-refractivity contribution in [2.24, 2.45) is 0 Å². The number of aromatic nitrogens is 4. The van der Waals surface area contributed by atoms with Gasteiger partial charge in [-0.1, -0.05) is 33.1 Å². The molecule has 0 atom stereocenters. The number of hydrogen-bond acceptors (Lipinski definition) is 4. The van der Waals surface area contributed by atoms with Crippen LogP contribution in [0.1, 0.15) is 13.8 Å². The lowest BCUT2D eigenvalue weighted by Gasteiger charge is -2.03. The number of H-pyrrole nitrogens is 1. The Kier molecular flexibility index (Phi) is 4.82. The molecule has 0 radical (unpaired) electrons. The van der Waals surface area contributed by atoms with Crippen LogP contribution >= 0.6 is 0 Å². The Hall–Kier alpha value is -2.63. The molecule has 19 heavy (non-hydrogen) atoms. The van der Waals surface area contributed by atoms with E-state index in [0.29, 0.717) is 16.7 Å². The molecule has 2 aromatic heterocycles. The van der Waals surface area contributed by atoms with E-state index in [1.807, 2.05) is 13.8 Å². The lowest BCUT2D eigenvalue weighted by atomic mass is 10.3. The Balaban J connectivity index is 0.000000861. The monoisotopic (exact) mass is 259 g/mol. The van der Waals surface area contributed by atoms with Gasteiger partial charge in [-0.3, -0.25) is 9.89 Å². The molecule has 0 spiro atoms. The molecule has 6 heteroatoms. The van der Waals surface area contributed by atoms with Crippen molar-refractivity contribution >= 4 is 22.5 Å². The molecule has 0 amide bonds. The zero-order chi connectivity index (χ0) is 14.4. The fraction of sp³-hybridized carbons (Fsp3) is 0.154. The Morgan fingerprint density at radius 2 is 2.16 bits per heavy atom. The van der Waals surface area contributed by atoms with Crippen molar-refractivity contribution in [1.82, 2.24) is 20.0 Å². The molecule has 0 aliphatic rings. The van der Waals surface area contributed by atoms with Crippen LogP contribution in [0.4, 0.5) is 5.82 Å². The van der Waals surface area contributed by atoms with E-state index in [1.54, 1.807) is 12.2 Å². The predicted octanol–water partition coefficient (Wildman–Crippen LogP) is 1.94. The smallest absolute Gasteiger partial charge is 0.273 e. The van der Waals surface area contributed by atoms with Gasteiger partial charge >= 0.3 is 0 Å². The second kappa shape index (κ2) is 6.34. The number of nitrogens with zero attached hydrogens (tertiary/aromatic N) is 3. The van der Waals surface area contributed by atoms with Crippen LogP contribution in [0.5, 0.6) is 0 Å². The Morgan fingerprint density at radius 1 is 1.47 bits per heavy atom. The highest BCUT2D eigenvalue weighted by Crippen LogP contribution is 2.13. The minimum absolute atomic E-state index is 0.246. The first-order valence-corrected chi connectivity index (χ1v) is 5.87. The minimum Gasteiger partial charge on any atom is -0.380 e. The number of nitrogen functional groups attached to an aromatic ring is 1. The van der Waals surface area contributed by atoms with Crippen molar-refractivity contribution in [3.05, 3.63) is 47.8 Å². The van der Waals surface area contributed by atoms with Crippen molar-refractivity contribution in [3.8, 4) is 0 Å². The van der Waals surface area contributed by atoms with Crippen molar-refractivity contribution < 1.29 is 0 Å². The SMILES string of the molecule is C=C/C=C(\C=C)n1nc2c(N)n[nH]c2cc1=O.CC. The highest BCUT2D eigenvalue weighted by molar-refractivity contribution is 5.84. The maximum atomic E-state index is 11.8. The van der Waals surface area contributed by atoms with E-state index in [1.165, 1.54) is 16.8 Å². The normalized spacial score (nSPS) is 10.7. The van der Waals surface area contributed by atoms with E-state index in [4.69, 9.17) is 5.73 Å². The molecule has 0 aliphatic carbocycles. The van der Waals surface area contributed by atoms with Crippen LogP contribution in [0, 0.1) is 0 Å². The summed E-state index contributed by atoms with van der Waals surface area (Å²) < 4.78 is 1.20. The molecule has 0 saturated carbocycles. The Labute approximate surface area is 110 Å². The summed E-state index contributed by atoms with van der Waals surface area (Å²) in [5, 5.41) is 10.5. The molecule has 0 saturated heterocycles. The van der Waals surface area contributed by atoms with Gasteiger partial charge in [0.15, 0.2) is 11.3 Å². The molecule has 0 bridgehead atoms. The van der Waals surface area contributed by atoms with E-state index in [2.05, 4.69) is 28.5 Å². The molecule has 2 rings (SSSR count). The molecule has 3 N–H and O–H groups in total. The first-order valence-electron chi connectivity index (χ1n) is 5.87. The first kappa shape index (κ1) is 14.4. The molecule has 6 nitrogen and oxygen atoms in total. The van der Waals surface area contributed by atoms with E-state index in [-0.39, 0.29) is 11.4 Å². The summed E-state index contributed by atoms with van der Waals surface area (Å²) in [6, 6.07) is 1.38. The van der Waals surface area contributed by atoms with Gasteiger partial charge in [0, 0.05) is 6.07 Å². The quantitative estimate of drug-likeness (QED) is 0.824. The third-order valence-electron chi connectivity index (χ3n) is 2.21. The Bertz CT molecular complexity index is 678. The summed E-state index contributed by atoms with van der Waals surface area (Å²) >= 11 is 0. The average Bonchev–Trinajstić information content (AvgIpc) is 2.78. The summed E-state index contributed by atoms with van der Waals surface area (Å²) in [6.07, 6.45) is 4.69. The summed E-state index contributed by atoms with van der Waals surface area (Å²) in [5.41, 5.74) is 6.80. The summed E-state index contributed by atoms with van der Waals surface area (Å²) in [6.45, 7) is 11.2. The fourth-order valence-electron chi connectivity index (χ4n) is 1.43. The average molecular weight is 259 g/mol. The van der Waals surface area contributed by atoms with Gasteiger partial charge < -0.3 is 5.73 Å². The molecule has 2 aromatic rings. The van der Waals surface area contributed by atoms with Crippen LogP contribution in [0.25, 0.3) is 16.7 Å². The maximum Gasteiger partial charge on any atom is 0.273 e. The minimum atomic E-state index is -0.297. The van der Waals surface area contributed by atoms with Gasteiger partial charge in [0.25, 0.3) is 5.56 Å². The molecule has 0 aliphatic heterocycles. The van der Waals surface area contributed by atoms with Crippen LogP contribution in [0.2, 0.25) is 0 Å². The van der Waals surface area contributed by atoms with E-state index in [0.717, 1.165) is 0 Å². The van der Waals surface area contributed by atoms with Gasteiger partial charge in [-0.15, -0.1) is 0 Å². The van der Waals surface area contributed by atoms with Gasteiger partial charge in [-0.2, -0.15) is 14.9 Å². The third-order valence-corrected chi connectivity index (χ3v) is 2.21. The lowest BCUT2D eigenvalue weighted by Crippen LogP contribution is -2.20. The van der Waals surface area contributed by atoms with Crippen LogP contribution in [-0.2, 0) is 0 Å². The van der Waals surface area contributed by atoms with E-state index >= 15 is 0 Å². The van der Waals surface area contributed by atoms with Crippen LogP contribution in [0.15, 0.2) is 42.2 Å². The highest BCUT2D eigenvalue weighted by Gasteiger charge is 2.08. The van der Waals surface area contributed by atoms with Gasteiger partial charge in [0.05, 0.1) is 11.2 Å².